The van der Waals surface area contributed by atoms with Crippen molar-refractivity contribution in [2.75, 3.05) is 0 Å². The van der Waals surface area contributed by atoms with Gasteiger partial charge in [0.05, 0.1) is 11.1 Å². The van der Waals surface area contributed by atoms with E-state index in [0.29, 0.717) is 0 Å². The molecule has 96 valence electrons. The van der Waals surface area contributed by atoms with E-state index in [1.54, 1.807) is 0 Å². The van der Waals surface area contributed by atoms with Crippen molar-refractivity contribution < 1.29 is 24.5 Å². The van der Waals surface area contributed by atoms with Crippen LogP contribution in [0.15, 0.2) is 48.5 Å². The minimum atomic E-state index is -1.11. The van der Waals surface area contributed by atoms with Crippen LogP contribution in [0.3, 0.4) is 0 Å². The van der Waals surface area contributed by atoms with Crippen LogP contribution >= 0.6 is 0 Å². The van der Waals surface area contributed by atoms with Gasteiger partial charge in [0.15, 0.2) is 0 Å². The first kappa shape index (κ1) is 12.6. The van der Waals surface area contributed by atoms with Crippen LogP contribution in [0.4, 0.5) is 0 Å². The molecular formula is C14H10O5. The highest BCUT2D eigenvalue weighted by Gasteiger charge is 2.11. The number of carboxylic acid groups (broad SMARTS) is 1. The summed E-state index contributed by atoms with van der Waals surface area (Å²) in [5.74, 6) is -1.44. The first-order chi connectivity index (χ1) is 9.06. The molecule has 0 amide bonds. The highest BCUT2D eigenvalue weighted by Crippen LogP contribution is 2.17. The summed E-state index contributed by atoms with van der Waals surface area (Å²) in [6, 6.07) is 11.2. The number of carbonyl (C=O) groups excluding carboxylic acids is 1. The summed E-state index contributed by atoms with van der Waals surface area (Å²) in [5.41, 5.74) is 0.160. The normalized spacial score (nSPS) is 9.89. The molecule has 0 saturated heterocycles. The third kappa shape index (κ3) is 3.10. The molecule has 0 fully saturated rings. The number of esters is 1. The van der Waals surface area contributed by atoms with Gasteiger partial charge in [0.1, 0.15) is 11.5 Å². The molecule has 0 atom stereocenters. The molecule has 0 radical (unpaired) electrons. The van der Waals surface area contributed by atoms with E-state index in [9.17, 15) is 9.59 Å². The Labute approximate surface area is 108 Å². The molecule has 0 bridgehead atoms. The fraction of sp³-hybridized carbons (Fsp3) is 0. The van der Waals surface area contributed by atoms with Gasteiger partial charge in [0, 0.05) is 0 Å². The smallest absolute Gasteiger partial charge is 0.343 e. The van der Waals surface area contributed by atoms with E-state index in [2.05, 4.69) is 0 Å². The zero-order chi connectivity index (χ0) is 13.8. The Morgan fingerprint density at radius 2 is 1.58 bits per heavy atom. The Morgan fingerprint density at radius 3 is 2.21 bits per heavy atom. The maximum atomic E-state index is 11.8. The van der Waals surface area contributed by atoms with E-state index >= 15 is 0 Å². The number of aromatic carboxylic acids is 1. The molecule has 2 aromatic rings. The van der Waals surface area contributed by atoms with Crippen molar-refractivity contribution in [3.8, 4) is 11.5 Å². The molecular weight excluding hydrogens is 248 g/mol. The second-order valence-electron chi connectivity index (χ2n) is 3.77. The maximum absolute atomic E-state index is 11.8. The molecule has 2 aromatic carbocycles. The predicted octanol–water partition coefficient (Wildman–Crippen LogP) is 2.31. The molecule has 19 heavy (non-hydrogen) atoms. The molecule has 0 heterocycles. The minimum Gasteiger partial charge on any atom is -0.508 e. The summed E-state index contributed by atoms with van der Waals surface area (Å²) in [7, 11) is 0. The summed E-state index contributed by atoms with van der Waals surface area (Å²) in [6.45, 7) is 0. The monoisotopic (exact) mass is 258 g/mol. The van der Waals surface area contributed by atoms with E-state index in [0.717, 1.165) is 0 Å². The van der Waals surface area contributed by atoms with Gasteiger partial charge in [-0.2, -0.15) is 0 Å². The quantitative estimate of drug-likeness (QED) is 0.652. The SMILES string of the molecule is O=C(O)c1cccc(C(=O)Oc2ccc(O)cc2)c1. The number of hydrogen-bond donors (Lipinski definition) is 2. The van der Waals surface area contributed by atoms with Crippen molar-refractivity contribution in [2.24, 2.45) is 0 Å². The third-order valence-electron chi connectivity index (χ3n) is 2.39. The fourth-order valence-electron chi connectivity index (χ4n) is 1.46. The molecule has 0 aliphatic rings. The van der Waals surface area contributed by atoms with Gasteiger partial charge in [0.25, 0.3) is 0 Å². The average Bonchev–Trinajstić information content (AvgIpc) is 2.41. The van der Waals surface area contributed by atoms with Crippen LogP contribution in [0.1, 0.15) is 20.7 Å². The Morgan fingerprint density at radius 1 is 0.947 bits per heavy atom. The van der Waals surface area contributed by atoms with Crippen molar-refractivity contribution in [2.45, 2.75) is 0 Å². The highest BCUT2D eigenvalue weighted by molar-refractivity contribution is 5.95. The molecule has 0 spiro atoms. The minimum absolute atomic E-state index is 0.0140. The van der Waals surface area contributed by atoms with E-state index in [4.69, 9.17) is 14.9 Å². The Kier molecular flexibility index (Phi) is 3.47. The number of rotatable bonds is 3. The highest BCUT2D eigenvalue weighted by atomic mass is 16.5. The van der Waals surface area contributed by atoms with Gasteiger partial charge in [-0.1, -0.05) is 6.07 Å². The van der Waals surface area contributed by atoms with Crippen molar-refractivity contribution in [1.29, 1.82) is 0 Å². The lowest BCUT2D eigenvalue weighted by Crippen LogP contribution is -2.09. The zero-order valence-corrected chi connectivity index (χ0v) is 9.74. The largest absolute Gasteiger partial charge is 0.508 e. The van der Waals surface area contributed by atoms with Crippen molar-refractivity contribution >= 4 is 11.9 Å². The van der Waals surface area contributed by atoms with Gasteiger partial charge in [-0.25, -0.2) is 9.59 Å². The van der Waals surface area contributed by atoms with Gasteiger partial charge >= 0.3 is 11.9 Å². The molecule has 0 aliphatic carbocycles. The van der Waals surface area contributed by atoms with Crippen LogP contribution in [0.25, 0.3) is 0 Å². The summed E-state index contributed by atoms with van der Waals surface area (Å²) in [5, 5.41) is 17.9. The van der Waals surface area contributed by atoms with Gasteiger partial charge in [-0.05, 0) is 42.5 Å². The fourth-order valence-corrected chi connectivity index (χ4v) is 1.46. The van der Waals surface area contributed by atoms with Crippen LogP contribution in [0, 0.1) is 0 Å². The molecule has 5 nitrogen and oxygen atoms in total. The standard InChI is InChI=1S/C14H10O5/c15-11-4-6-12(7-5-11)19-14(18)10-3-1-2-9(8-10)13(16)17/h1-8,15H,(H,16,17). The van der Waals surface area contributed by atoms with Crippen molar-refractivity contribution in [1.82, 2.24) is 0 Å². The van der Waals surface area contributed by atoms with Gasteiger partial charge in [-0.3, -0.25) is 0 Å². The zero-order valence-electron chi connectivity index (χ0n) is 9.74. The number of hydrogen-bond acceptors (Lipinski definition) is 4. The van der Waals surface area contributed by atoms with Crippen molar-refractivity contribution in [3.05, 3.63) is 59.7 Å². The summed E-state index contributed by atoms with van der Waals surface area (Å²) >= 11 is 0. The average molecular weight is 258 g/mol. The number of benzene rings is 2. The van der Waals surface area contributed by atoms with E-state index in [1.165, 1.54) is 48.5 Å². The van der Waals surface area contributed by atoms with Crippen LogP contribution in [0.5, 0.6) is 11.5 Å². The number of phenols is 1. The molecule has 5 heteroatoms. The molecule has 0 aromatic heterocycles. The van der Waals surface area contributed by atoms with Crippen molar-refractivity contribution in [3.63, 3.8) is 0 Å². The van der Waals surface area contributed by atoms with E-state index in [-0.39, 0.29) is 22.6 Å². The van der Waals surface area contributed by atoms with Gasteiger partial charge in [-0.15, -0.1) is 0 Å². The van der Waals surface area contributed by atoms with Crippen LogP contribution in [-0.4, -0.2) is 22.2 Å². The number of carbonyl (C=O) groups is 2. The lowest BCUT2D eigenvalue weighted by atomic mass is 10.1. The van der Waals surface area contributed by atoms with Gasteiger partial charge < -0.3 is 14.9 Å². The molecule has 0 aliphatic heterocycles. The lowest BCUT2D eigenvalue weighted by Gasteiger charge is -2.05. The third-order valence-corrected chi connectivity index (χ3v) is 2.39. The lowest BCUT2D eigenvalue weighted by molar-refractivity contribution is 0.0697. The molecule has 2 N–H and O–H groups in total. The summed E-state index contributed by atoms with van der Waals surface area (Å²) < 4.78 is 5.05. The first-order valence-electron chi connectivity index (χ1n) is 5.41. The first-order valence-corrected chi connectivity index (χ1v) is 5.41. The van der Waals surface area contributed by atoms with E-state index in [1.807, 2.05) is 0 Å². The second-order valence-corrected chi connectivity index (χ2v) is 3.77. The van der Waals surface area contributed by atoms with E-state index < -0.39 is 11.9 Å². The Bertz CT molecular complexity index is 616. The van der Waals surface area contributed by atoms with Crippen LogP contribution in [-0.2, 0) is 0 Å². The number of carboxylic acids is 1. The number of phenolic OH excluding ortho intramolecular Hbond substituents is 1. The molecule has 0 unspecified atom stereocenters. The van der Waals surface area contributed by atoms with Crippen LogP contribution in [0.2, 0.25) is 0 Å². The summed E-state index contributed by atoms with van der Waals surface area (Å²) in [6.07, 6.45) is 0. The molecule has 0 saturated carbocycles. The molecule has 2 rings (SSSR count). The van der Waals surface area contributed by atoms with Crippen LogP contribution < -0.4 is 4.74 Å². The number of aromatic hydroxyl groups is 1. The topological polar surface area (TPSA) is 83.8 Å². The maximum Gasteiger partial charge on any atom is 0.343 e. The Balaban J connectivity index is 2.18. The summed E-state index contributed by atoms with van der Waals surface area (Å²) in [4.78, 5) is 22.6. The second kappa shape index (κ2) is 5.22. The Hall–Kier alpha value is -2.82. The number of ether oxygens (including phenoxy) is 1. The predicted molar refractivity (Wildman–Crippen MR) is 66.5 cm³/mol. The van der Waals surface area contributed by atoms with Gasteiger partial charge in [0.2, 0.25) is 0 Å².